The molecule has 1 amide bonds. The summed E-state index contributed by atoms with van der Waals surface area (Å²) in [5.41, 5.74) is 0.0560. The van der Waals surface area contributed by atoms with E-state index in [1.54, 1.807) is 16.7 Å². The van der Waals surface area contributed by atoms with E-state index in [0.29, 0.717) is 43.9 Å². The molecular weight excluding hydrogens is 329 g/mol. The smallest absolute Gasteiger partial charge is 0.352 e. The normalized spacial score (nSPS) is 14.8. The fourth-order valence-electron chi connectivity index (χ4n) is 3.21. The summed E-state index contributed by atoms with van der Waals surface area (Å²) in [6.45, 7) is 4.00. The van der Waals surface area contributed by atoms with E-state index in [9.17, 15) is 23.9 Å². The first kappa shape index (κ1) is 16.9. The number of amides is 1. The zero-order chi connectivity index (χ0) is 18.1. The molecule has 0 spiro atoms. The Hall–Kier alpha value is -2.90. The van der Waals surface area contributed by atoms with E-state index < -0.39 is 17.2 Å². The monoisotopic (exact) mass is 347 g/mol. The number of carbonyl (C=O) groups excluding carboxylic acids is 1. The van der Waals surface area contributed by atoms with Gasteiger partial charge in [-0.05, 0) is 19.1 Å². The van der Waals surface area contributed by atoms with Crippen LogP contribution in [0.2, 0.25) is 0 Å². The van der Waals surface area contributed by atoms with Crippen molar-refractivity contribution < 1.29 is 19.1 Å². The third-order valence-corrected chi connectivity index (χ3v) is 4.52. The highest BCUT2D eigenvalue weighted by atomic mass is 19.1. The Morgan fingerprint density at radius 2 is 1.92 bits per heavy atom. The number of piperazine rings is 1. The average molecular weight is 347 g/mol. The molecule has 0 aliphatic carbocycles. The van der Waals surface area contributed by atoms with Crippen LogP contribution in [0.1, 0.15) is 17.4 Å². The number of carboxylic acids is 1. The van der Waals surface area contributed by atoms with Gasteiger partial charge in [-0.2, -0.15) is 0 Å². The number of carbonyl (C=O) groups is 2. The molecule has 0 atom stereocenters. The van der Waals surface area contributed by atoms with Gasteiger partial charge in [0.2, 0.25) is 6.41 Å². The number of anilines is 1. The van der Waals surface area contributed by atoms with Gasteiger partial charge in [0.25, 0.3) is 0 Å². The third-order valence-electron chi connectivity index (χ3n) is 4.52. The maximum Gasteiger partial charge on any atom is 0.352 e. The van der Waals surface area contributed by atoms with Crippen LogP contribution in [0, 0.1) is 5.82 Å². The molecule has 1 aromatic heterocycles. The van der Waals surface area contributed by atoms with Crippen molar-refractivity contribution in [3.63, 3.8) is 0 Å². The number of carboxylic acid groups (broad SMARTS) is 1. The Labute approximate surface area is 142 Å². The van der Waals surface area contributed by atoms with Gasteiger partial charge in [-0.3, -0.25) is 9.59 Å². The molecular formula is C17H18FN3O4. The fourth-order valence-corrected chi connectivity index (χ4v) is 3.21. The highest BCUT2D eigenvalue weighted by Gasteiger charge is 2.21. The molecule has 7 nitrogen and oxygen atoms in total. The summed E-state index contributed by atoms with van der Waals surface area (Å²) in [5.74, 6) is -1.73. The zero-order valence-corrected chi connectivity index (χ0v) is 13.7. The van der Waals surface area contributed by atoms with Crippen LogP contribution in [0.3, 0.4) is 0 Å². The van der Waals surface area contributed by atoms with Crippen molar-refractivity contribution >= 4 is 29.0 Å². The van der Waals surface area contributed by atoms with Crippen molar-refractivity contribution in [2.75, 3.05) is 31.1 Å². The van der Waals surface area contributed by atoms with Crippen LogP contribution in [0.5, 0.6) is 0 Å². The van der Waals surface area contributed by atoms with Crippen molar-refractivity contribution in [1.29, 1.82) is 0 Å². The van der Waals surface area contributed by atoms with E-state index in [4.69, 9.17) is 0 Å². The maximum atomic E-state index is 14.6. The minimum atomic E-state index is -1.20. The first-order chi connectivity index (χ1) is 12.0. The number of aromatic nitrogens is 1. The molecule has 1 aliphatic rings. The molecule has 0 saturated carbocycles. The minimum Gasteiger partial charge on any atom is -0.477 e. The Morgan fingerprint density at radius 3 is 2.48 bits per heavy atom. The van der Waals surface area contributed by atoms with Gasteiger partial charge in [-0.1, -0.05) is 0 Å². The Kier molecular flexibility index (Phi) is 4.43. The van der Waals surface area contributed by atoms with E-state index in [1.807, 2.05) is 0 Å². The lowest BCUT2D eigenvalue weighted by atomic mass is 10.1. The first-order valence-electron chi connectivity index (χ1n) is 8.01. The summed E-state index contributed by atoms with van der Waals surface area (Å²) in [6, 6.07) is 3.71. The third kappa shape index (κ3) is 2.95. The molecule has 0 unspecified atom stereocenters. The molecule has 1 aliphatic heterocycles. The quantitative estimate of drug-likeness (QED) is 0.839. The molecule has 0 radical (unpaired) electrons. The number of fused-ring (bicyclic) bond motifs is 1. The van der Waals surface area contributed by atoms with Crippen molar-refractivity contribution in [2.24, 2.45) is 0 Å². The Morgan fingerprint density at radius 1 is 1.24 bits per heavy atom. The molecule has 3 rings (SSSR count). The Balaban J connectivity index is 2.15. The summed E-state index contributed by atoms with van der Waals surface area (Å²) in [6.07, 6.45) is 0.766. The SMILES string of the molecule is CCn1c(C(=O)O)cc(=O)c2cc(F)c(N3CCN(C=O)CC3)cc21. The minimum absolute atomic E-state index is 0.122. The van der Waals surface area contributed by atoms with Crippen molar-refractivity contribution in [2.45, 2.75) is 13.5 Å². The van der Waals surface area contributed by atoms with Crippen LogP contribution in [-0.4, -0.2) is 53.1 Å². The van der Waals surface area contributed by atoms with Crippen LogP contribution in [0.15, 0.2) is 23.0 Å². The number of pyridine rings is 1. The number of hydrogen-bond acceptors (Lipinski definition) is 4. The predicted molar refractivity (Wildman–Crippen MR) is 90.6 cm³/mol. The van der Waals surface area contributed by atoms with Crippen molar-refractivity contribution in [3.05, 3.63) is 39.9 Å². The molecule has 132 valence electrons. The van der Waals surface area contributed by atoms with Gasteiger partial charge in [0.1, 0.15) is 11.5 Å². The molecule has 1 fully saturated rings. The van der Waals surface area contributed by atoms with Gasteiger partial charge in [0, 0.05) is 44.2 Å². The lowest BCUT2D eigenvalue weighted by Gasteiger charge is -2.34. The second-order valence-electron chi connectivity index (χ2n) is 5.89. The second kappa shape index (κ2) is 6.54. The summed E-state index contributed by atoms with van der Waals surface area (Å²) in [5, 5.41) is 9.48. The number of nitrogens with zero attached hydrogens (tertiary/aromatic N) is 3. The number of aryl methyl sites for hydroxylation is 1. The second-order valence-corrected chi connectivity index (χ2v) is 5.89. The molecule has 1 saturated heterocycles. The fraction of sp³-hybridized carbons (Fsp3) is 0.353. The standard InChI is InChI=1S/C17H18FN3O4/c1-2-21-13-8-14(20-5-3-19(10-22)4-6-20)12(18)7-11(13)16(23)9-15(21)17(24)25/h7-10H,2-6H2,1H3,(H,24,25). The van der Waals surface area contributed by atoms with Crippen LogP contribution in [0.4, 0.5) is 10.1 Å². The number of benzene rings is 1. The lowest BCUT2D eigenvalue weighted by Crippen LogP contribution is -2.46. The highest BCUT2D eigenvalue weighted by molar-refractivity contribution is 5.91. The van der Waals surface area contributed by atoms with E-state index in [0.717, 1.165) is 18.5 Å². The van der Waals surface area contributed by atoms with Crippen LogP contribution in [-0.2, 0) is 11.3 Å². The van der Waals surface area contributed by atoms with E-state index in [1.165, 1.54) is 10.6 Å². The van der Waals surface area contributed by atoms with Gasteiger partial charge in [0.15, 0.2) is 5.43 Å². The zero-order valence-electron chi connectivity index (χ0n) is 13.7. The van der Waals surface area contributed by atoms with Gasteiger partial charge < -0.3 is 19.5 Å². The largest absolute Gasteiger partial charge is 0.477 e. The summed E-state index contributed by atoms with van der Waals surface area (Å²) >= 11 is 0. The number of hydrogen-bond donors (Lipinski definition) is 1. The molecule has 1 aromatic carbocycles. The Bertz CT molecular complexity index is 901. The summed E-state index contributed by atoms with van der Waals surface area (Å²) in [4.78, 5) is 37.8. The molecule has 8 heteroatoms. The van der Waals surface area contributed by atoms with E-state index >= 15 is 0 Å². The van der Waals surface area contributed by atoms with Gasteiger partial charge in [0.05, 0.1) is 11.2 Å². The highest BCUT2D eigenvalue weighted by Crippen LogP contribution is 2.26. The van der Waals surface area contributed by atoms with Gasteiger partial charge in [-0.15, -0.1) is 0 Å². The molecule has 2 heterocycles. The first-order valence-corrected chi connectivity index (χ1v) is 8.01. The molecule has 25 heavy (non-hydrogen) atoms. The molecule has 1 N–H and O–H groups in total. The van der Waals surface area contributed by atoms with Crippen molar-refractivity contribution in [3.8, 4) is 0 Å². The van der Waals surface area contributed by atoms with Crippen LogP contribution < -0.4 is 10.3 Å². The topological polar surface area (TPSA) is 82.8 Å². The van der Waals surface area contributed by atoms with E-state index in [-0.39, 0.29) is 11.1 Å². The molecule has 0 bridgehead atoms. The van der Waals surface area contributed by atoms with Gasteiger partial charge in [-0.25, -0.2) is 9.18 Å². The summed E-state index contributed by atoms with van der Waals surface area (Å²) < 4.78 is 16.1. The van der Waals surface area contributed by atoms with E-state index in [2.05, 4.69) is 0 Å². The predicted octanol–water partition coefficient (Wildman–Crippen LogP) is 1.14. The average Bonchev–Trinajstić information content (AvgIpc) is 2.61. The van der Waals surface area contributed by atoms with Gasteiger partial charge >= 0.3 is 5.97 Å². The number of halogens is 1. The van der Waals surface area contributed by atoms with Crippen molar-refractivity contribution in [1.82, 2.24) is 9.47 Å². The van der Waals surface area contributed by atoms with Crippen LogP contribution in [0.25, 0.3) is 10.9 Å². The van der Waals surface area contributed by atoms with Crippen LogP contribution >= 0.6 is 0 Å². The number of aromatic carboxylic acids is 1. The number of rotatable bonds is 4. The maximum absolute atomic E-state index is 14.6. The summed E-state index contributed by atoms with van der Waals surface area (Å²) in [7, 11) is 0. The lowest BCUT2D eigenvalue weighted by molar-refractivity contribution is -0.118. The molecule has 2 aromatic rings.